The Morgan fingerprint density at radius 1 is 1.38 bits per heavy atom. The van der Waals surface area contributed by atoms with E-state index in [1.165, 1.54) is 4.90 Å². The fourth-order valence-electron chi connectivity index (χ4n) is 2.65. The molecule has 0 aromatic rings. The first kappa shape index (κ1) is 17.7. The molecule has 0 radical (unpaired) electrons. The average Bonchev–Trinajstić information content (AvgIpc) is 2.59. The van der Waals surface area contributed by atoms with E-state index in [-0.39, 0.29) is 48.8 Å². The molecule has 0 bridgehead atoms. The molecule has 2 rings (SSSR count). The number of halogens is 1. The SMILES string of the molecule is CN1CC(=O)N(CC(=O)N2CCC(N)C(C)(C)C2)C1=O.Cl. The van der Waals surface area contributed by atoms with Crippen LogP contribution in [-0.4, -0.2) is 71.8 Å². The molecular formula is C13H23ClN4O3. The Morgan fingerprint density at radius 2 is 2.00 bits per heavy atom. The van der Waals surface area contributed by atoms with Gasteiger partial charge in [-0.25, -0.2) is 4.79 Å². The second-order valence-electron chi connectivity index (χ2n) is 6.32. The quantitative estimate of drug-likeness (QED) is 0.720. The topological polar surface area (TPSA) is 87.0 Å². The van der Waals surface area contributed by atoms with Crippen molar-refractivity contribution in [3.63, 3.8) is 0 Å². The highest BCUT2D eigenvalue weighted by atomic mass is 35.5. The van der Waals surface area contributed by atoms with E-state index in [1.807, 2.05) is 13.8 Å². The number of piperidine rings is 1. The van der Waals surface area contributed by atoms with Gasteiger partial charge in [-0.1, -0.05) is 13.8 Å². The molecule has 4 amide bonds. The number of hydrogen-bond donors (Lipinski definition) is 1. The van der Waals surface area contributed by atoms with Crippen LogP contribution in [0.3, 0.4) is 0 Å². The van der Waals surface area contributed by atoms with Gasteiger partial charge in [0.15, 0.2) is 0 Å². The van der Waals surface area contributed by atoms with Crippen molar-refractivity contribution in [2.24, 2.45) is 11.1 Å². The van der Waals surface area contributed by atoms with Crippen LogP contribution in [-0.2, 0) is 9.59 Å². The molecule has 21 heavy (non-hydrogen) atoms. The Bertz CT molecular complexity index is 455. The summed E-state index contributed by atoms with van der Waals surface area (Å²) in [5, 5.41) is 0. The van der Waals surface area contributed by atoms with Crippen molar-refractivity contribution < 1.29 is 14.4 Å². The molecule has 120 valence electrons. The summed E-state index contributed by atoms with van der Waals surface area (Å²) in [6.07, 6.45) is 0.737. The Labute approximate surface area is 130 Å². The zero-order valence-electron chi connectivity index (χ0n) is 12.7. The molecule has 0 spiro atoms. The second kappa shape index (κ2) is 6.19. The fourth-order valence-corrected chi connectivity index (χ4v) is 2.65. The number of carbonyl (C=O) groups excluding carboxylic acids is 3. The summed E-state index contributed by atoms with van der Waals surface area (Å²) in [6, 6.07) is -0.343. The minimum absolute atomic E-state index is 0. The predicted molar refractivity (Wildman–Crippen MR) is 79.9 cm³/mol. The van der Waals surface area contributed by atoms with Crippen molar-refractivity contribution in [3.05, 3.63) is 0 Å². The van der Waals surface area contributed by atoms with E-state index in [1.54, 1.807) is 11.9 Å². The van der Waals surface area contributed by atoms with Crippen LogP contribution in [0, 0.1) is 5.41 Å². The zero-order chi connectivity index (χ0) is 15.1. The molecular weight excluding hydrogens is 296 g/mol. The molecule has 1 unspecified atom stereocenters. The molecule has 2 saturated heterocycles. The summed E-state index contributed by atoms with van der Waals surface area (Å²) in [6.45, 7) is 5.05. The highest BCUT2D eigenvalue weighted by Gasteiger charge is 2.39. The first-order valence-corrected chi connectivity index (χ1v) is 6.81. The van der Waals surface area contributed by atoms with Gasteiger partial charge in [0.25, 0.3) is 5.91 Å². The van der Waals surface area contributed by atoms with Crippen molar-refractivity contribution >= 4 is 30.3 Å². The lowest BCUT2D eigenvalue weighted by Crippen LogP contribution is -2.55. The molecule has 2 aliphatic rings. The van der Waals surface area contributed by atoms with Gasteiger partial charge in [-0.3, -0.25) is 14.5 Å². The summed E-state index contributed by atoms with van der Waals surface area (Å²) < 4.78 is 0. The lowest BCUT2D eigenvalue weighted by Gasteiger charge is -2.42. The van der Waals surface area contributed by atoms with Crippen molar-refractivity contribution in [1.82, 2.24) is 14.7 Å². The molecule has 0 aromatic carbocycles. The summed E-state index contributed by atoms with van der Waals surface area (Å²) in [7, 11) is 1.55. The van der Waals surface area contributed by atoms with Crippen LogP contribution >= 0.6 is 12.4 Å². The second-order valence-corrected chi connectivity index (χ2v) is 6.32. The van der Waals surface area contributed by atoms with E-state index < -0.39 is 6.03 Å². The number of amides is 4. The van der Waals surface area contributed by atoms with E-state index in [0.29, 0.717) is 13.1 Å². The fraction of sp³-hybridized carbons (Fsp3) is 0.769. The van der Waals surface area contributed by atoms with Gasteiger partial charge in [-0.15, -0.1) is 12.4 Å². The van der Waals surface area contributed by atoms with Crippen molar-refractivity contribution in [1.29, 1.82) is 0 Å². The summed E-state index contributed by atoms with van der Waals surface area (Å²) in [5.74, 6) is -0.513. The molecule has 1 atom stereocenters. The minimum atomic E-state index is -0.406. The number of nitrogens with zero attached hydrogens (tertiary/aromatic N) is 3. The number of rotatable bonds is 2. The maximum absolute atomic E-state index is 12.3. The molecule has 7 nitrogen and oxygen atoms in total. The number of likely N-dealkylation sites (tertiary alicyclic amines) is 1. The Hall–Kier alpha value is -1.34. The van der Waals surface area contributed by atoms with Crippen molar-refractivity contribution in [3.8, 4) is 0 Å². The number of nitrogens with two attached hydrogens (primary N) is 1. The van der Waals surface area contributed by atoms with Crippen LogP contribution in [0.1, 0.15) is 20.3 Å². The van der Waals surface area contributed by atoms with E-state index >= 15 is 0 Å². The lowest BCUT2D eigenvalue weighted by atomic mass is 9.79. The van der Waals surface area contributed by atoms with Gasteiger partial charge in [0, 0.05) is 26.2 Å². The standard InChI is InChI=1S/C13H22N4O3.ClH/c1-13(2)8-16(5-4-9(13)14)10(18)7-17-11(19)6-15(3)12(17)20;/h9H,4-8,14H2,1-3H3;1H. The summed E-state index contributed by atoms with van der Waals surface area (Å²) >= 11 is 0. The van der Waals surface area contributed by atoms with Crippen LogP contribution in [0.15, 0.2) is 0 Å². The van der Waals surface area contributed by atoms with E-state index in [9.17, 15) is 14.4 Å². The molecule has 8 heteroatoms. The first-order valence-electron chi connectivity index (χ1n) is 6.81. The van der Waals surface area contributed by atoms with Crippen molar-refractivity contribution in [2.45, 2.75) is 26.3 Å². The predicted octanol–water partition coefficient (Wildman–Crippen LogP) is -0.112. The van der Waals surface area contributed by atoms with Gasteiger partial charge >= 0.3 is 6.03 Å². The molecule has 2 fully saturated rings. The third-order valence-corrected chi connectivity index (χ3v) is 4.19. The molecule has 2 heterocycles. The number of likely N-dealkylation sites (N-methyl/N-ethyl adjacent to an activating group) is 1. The highest BCUT2D eigenvalue weighted by molar-refractivity contribution is 6.04. The van der Waals surface area contributed by atoms with Crippen LogP contribution in [0.25, 0.3) is 0 Å². The molecule has 0 aliphatic carbocycles. The Balaban J connectivity index is 0.00000220. The highest BCUT2D eigenvalue weighted by Crippen LogP contribution is 2.27. The number of imide groups is 1. The number of hydrogen-bond acceptors (Lipinski definition) is 4. The van der Waals surface area contributed by atoms with Crippen LogP contribution in [0.2, 0.25) is 0 Å². The third-order valence-electron chi connectivity index (χ3n) is 4.19. The van der Waals surface area contributed by atoms with Gasteiger partial charge in [0.05, 0.1) is 0 Å². The largest absolute Gasteiger partial charge is 0.340 e. The molecule has 2 aliphatic heterocycles. The monoisotopic (exact) mass is 318 g/mol. The van der Waals surface area contributed by atoms with Crippen LogP contribution in [0.5, 0.6) is 0 Å². The normalized spacial score (nSPS) is 25.1. The van der Waals surface area contributed by atoms with E-state index in [4.69, 9.17) is 5.73 Å². The molecule has 0 saturated carbocycles. The Kier molecular flexibility index (Phi) is 5.22. The zero-order valence-corrected chi connectivity index (χ0v) is 13.5. The van der Waals surface area contributed by atoms with Gasteiger partial charge in [-0.2, -0.15) is 0 Å². The smallest absolute Gasteiger partial charge is 0.327 e. The van der Waals surface area contributed by atoms with E-state index in [2.05, 4.69) is 0 Å². The summed E-state index contributed by atoms with van der Waals surface area (Å²) in [5.41, 5.74) is 5.89. The summed E-state index contributed by atoms with van der Waals surface area (Å²) in [4.78, 5) is 39.7. The Morgan fingerprint density at radius 3 is 2.48 bits per heavy atom. The van der Waals surface area contributed by atoms with Gasteiger partial charge in [0.1, 0.15) is 13.1 Å². The van der Waals surface area contributed by atoms with Crippen LogP contribution < -0.4 is 5.73 Å². The average molecular weight is 319 g/mol. The van der Waals surface area contributed by atoms with E-state index in [0.717, 1.165) is 11.3 Å². The van der Waals surface area contributed by atoms with Gasteiger partial charge < -0.3 is 15.5 Å². The van der Waals surface area contributed by atoms with Crippen LogP contribution in [0.4, 0.5) is 4.79 Å². The third kappa shape index (κ3) is 3.47. The maximum Gasteiger partial charge on any atom is 0.327 e. The number of urea groups is 1. The maximum atomic E-state index is 12.3. The minimum Gasteiger partial charge on any atom is -0.340 e. The van der Waals surface area contributed by atoms with Gasteiger partial charge in [-0.05, 0) is 11.8 Å². The number of carbonyl (C=O) groups is 3. The molecule has 0 aromatic heterocycles. The first-order chi connectivity index (χ1) is 9.22. The van der Waals surface area contributed by atoms with Gasteiger partial charge in [0.2, 0.25) is 5.91 Å². The van der Waals surface area contributed by atoms with Crippen molar-refractivity contribution in [2.75, 3.05) is 33.2 Å². The lowest BCUT2D eigenvalue weighted by molar-refractivity contribution is -0.139. The molecule has 2 N–H and O–H groups in total.